The summed E-state index contributed by atoms with van der Waals surface area (Å²) in [5.41, 5.74) is 6.44. The molecule has 37 heavy (non-hydrogen) atoms. The van der Waals surface area contributed by atoms with Crippen LogP contribution < -0.4 is 0 Å². The summed E-state index contributed by atoms with van der Waals surface area (Å²) in [4.78, 5) is 0. The molecule has 0 heterocycles. The van der Waals surface area contributed by atoms with E-state index < -0.39 is 0 Å². The first-order chi connectivity index (χ1) is 17.7. The summed E-state index contributed by atoms with van der Waals surface area (Å²) < 4.78 is 0. The lowest BCUT2D eigenvalue weighted by Crippen LogP contribution is -2.24. The van der Waals surface area contributed by atoms with Crippen LogP contribution in [0.4, 0.5) is 0 Å². The highest BCUT2D eigenvalue weighted by Crippen LogP contribution is 2.47. The van der Waals surface area contributed by atoms with Crippen LogP contribution in [0.1, 0.15) is 80.9 Å². The van der Waals surface area contributed by atoms with E-state index in [4.69, 9.17) is 0 Å². The van der Waals surface area contributed by atoms with Crippen molar-refractivity contribution in [3.8, 4) is 33.8 Å². The van der Waals surface area contributed by atoms with Crippen molar-refractivity contribution in [1.29, 1.82) is 0 Å². The summed E-state index contributed by atoms with van der Waals surface area (Å²) in [5, 5.41) is 42.5. The molecule has 0 aliphatic heterocycles. The van der Waals surface area contributed by atoms with E-state index in [-0.39, 0.29) is 23.7 Å². The second-order valence-corrected chi connectivity index (χ2v) is 11.7. The van der Waals surface area contributed by atoms with E-state index in [2.05, 4.69) is 38.1 Å². The van der Waals surface area contributed by atoms with Crippen molar-refractivity contribution in [2.45, 2.75) is 83.3 Å². The molecule has 0 aromatic heterocycles. The van der Waals surface area contributed by atoms with Crippen LogP contribution in [-0.2, 0) is 0 Å². The quantitative estimate of drug-likeness (QED) is 0.284. The maximum absolute atomic E-state index is 11.2. The summed E-state index contributed by atoms with van der Waals surface area (Å²) in [6.45, 7) is 6.39. The van der Waals surface area contributed by atoms with E-state index >= 15 is 0 Å². The molecule has 0 amide bonds. The average molecular weight is 501 g/mol. The zero-order chi connectivity index (χ0) is 26.3. The van der Waals surface area contributed by atoms with Gasteiger partial charge < -0.3 is 20.4 Å². The molecule has 4 heteroatoms. The topological polar surface area (TPSA) is 80.9 Å². The van der Waals surface area contributed by atoms with Gasteiger partial charge in [0.2, 0.25) is 0 Å². The van der Waals surface area contributed by atoms with Gasteiger partial charge in [-0.15, -0.1) is 0 Å². The molecule has 2 aliphatic carbocycles. The van der Waals surface area contributed by atoms with Crippen LogP contribution in [0, 0.1) is 18.8 Å². The Morgan fingerprint density at radius 2 is 1.16 bits per heavy atom. The van der Waals surface area contributed by atoms with E-state index in [9.17, 15) is 20.4 Å². The third kappa shape index (κ3) is 5.15. The van der Waals surface area contributed by atoms with E-state index in [1.165, 1.54) is 11.1 Å². The van der Waals surface area contributed by atoms with Gasteiger partial charge in [0.15, 0.2) is 11.5 Å². The number of phenolic OH excluding ortho intramolecular Hbond substituents is 2. The minimum atomic E-state index is -0.211. The number of aliphatic hydroxyl groups excluding tert-OH is 2. The van der Waals surface area contributed by atoms with Gasteiger partial charge in [-0.3, -0.25) is 0 Å². The molecule has 0 radical (unpaired) electrons. The fraction of sp³-hybridized carbons (Fsp3) is 0.455. The standard InChI is InChI=1S/C33H40O4/c1-19-14-26(34)10-12-28(19)22-6-4-8-24(17-22)30-16-21(3)31(33(37)32(30)36)25-9-5-7-23(18-25)29-13-11-27(35)15-20(29)2/h4-9,16-20,26-29,34-37H,10-15H2,1-3H3. The first-order valence-electron chi connectivity index (χ1n) is 13.8. The maximum atomic E-state index is 11.2. The highest BCUT2D eigenvalue weighted by atomic mass is 16.3. The first-order valence-corrected chi connectivity index (χ1v) is 13.8. The molecular weight excluding hydrogens is 460 g/mol. The van der Waals surface area contributed by atoms with Gasteiger partial charge >= 0.3 is 0 Å². The summed E-state index contributed by atoms with van der Waals surface area (Å²) in [5.74, 6) is 1.37. The van der Waals surface area contributed by atoms with Gasteiger partial charge in [0, 0.05) is 11.1 Å². The minimum Gasteiger partial charge on any atom is -0.504 e. The highest BCUT2D eigenvalue weighted by molar-refractivity contribution is 5.85. The van der Waals surface area contributed by atoms with E-state index in [0.29, 0.717) is 34.8 Å². The van der Waals surface area contributed by atoms with Gasteiger partial charge in [-0.2, -0.15) is 0 Å². The predicted molar refractivity (Wildman–Crippen MR) is 149 cm³/mol. The van der Waals surface area contributed by atoms with Crippen LogP contribution in [0.2, 0.25) is 0 Å². The normalized spacial score (nSPS) is 28.2. The third-order valence-electron chi connectivity index (χ3n) is 8.98. The smallest absolute Gasteiger partial charge is 0.166 e. The van der Waals surface area contributed by atoms with E-state index in [1.54, 1.807) is 0 Å². The largest absolute Gasteiger partial charge is 0.504 e. The molecule has 4 N–H and O–H groups in total. The number of phenols is 2. The Hall–Kier alpha value is -2.82. The molecule has 0 saturated heterocycles. The second-order valence-electron chi connectivity index (χ2n) is 11.7. The number of aliphatic hydroxyl groups is 2. The lowest BCUT2D eigenvalue weighted by molar-refractivity contribution is 0.0946. The van der Waals surface area contributed by atoms with Crippen molar-refractivity contribution < 1.29 is 20.4 Å². The van der Waals surface area contributed by atoms with Crippen LogP contribution in [0.15, 0.2) is 54.6 Å². The van der Waals surface area contributed by atoms with Gasteiger partial charge in [-0.1, -0.05) is 62.4 Å². The van der Waals surface area contributed by atoms with Crippen molar-refractivity contribution in [2.24, 2.45) is 11.8 Å². The fourth-order valence-electron chi connectivity index (χ4n) is 6.96. The third-order valence-corrected chi connectivity index (χ3v) is 8.98. The monoisotopic (exact) mass is 500 g/mol. The molecule has 2 fully saturated rings. The summed E-state index contributed by atoms with van der Waals surface area (Å²) in [6, 6.07) is 18.5. The predicted octanol–water partition coefficient (Wildman–Crippen LogP) is 7.27. The molecule has 2 saturated carbocycles. The van der Waals surface area contributed by atoms with Gasteiger partial charge in [-0.05, 0) is 103 Å². The maximum Gasteiger partial charge on any atom is 0.166 e. The Labute approximate surface area is 220 Å². The SMILES string of the molecule is Cc1cc(-c2cccc(C3CCC(O)CC3C)c2)c(O)c(O)c1-c1cccc(C2CCC(O)CC2C)c1. The van der Waals surface area contributed by atoms with Crippen LogP contribution in [0.25, 0.3) is 22.3 Å². The van der Waals surface area contributed by atoms with E-state index in [0.717, 1.165) is 55.2 Å². The van der Waals surface area contributed by atoms with Gasteiger partial charge in [0.25, 0.3) is 0 Å². The Morgan fingerprint density at radius 3 is 1.70 bits per heavy atom. The number of aryl methyl sites for hydroxylation is 1. The van der Waals surface area contributed by atoms with Gasteiger partial charge in [0.1, 0.15) is 0 Å². The Balaban J connectivity index is 1.48. The summed E-state index contributed by atoms with van der Waals surface area (Å²) >= 11 is 0. The second kappa shape index (κ2) is 10.5. The number of hydrogen-bond donors (Lipinski definition) is 4. The molecule has 2 aliphatic rings. The zero-order valence-electron chi connectivity index (χ0n) is 22.2. The van der Waals surface area contributed by atoms with Crippen LogP contribution in [0.5, 0.6) is 11.5 Å². The first kappa shape index (κ1) is 25.8. The lowest BCUT2D eigenvalue weighted by atomic mass is 9.75. The Morgan fingerprint density at radius 1 is 0.649 bits per heavy atom. The van der Waals surface area contributed by atoms with Crippen LogP contribution in [0.3, 0.4) is 0 Å². The molecule has 5 rings (SSSR count). The van der Waals surface area contributed by atoms with Crippen molar-refractivity contribution in [2.75, 3.05) is 0 Å². The molecule has 0 bridgehead atoms. The minimum absolute atomic E-state index is 0.0844. The molecule has 0 spiro atoms. The van der Waals surface area contributed by atoms with Gasteiger partial charge in [0.05, 0.1) is 12.2 Å². The zero-order valence-corrected chi connectivity index (χ0v) is 22.2. The molecule has 6 atom stereocenters. The number of aromatic hydroxyl groups is 2. The molecule has 3 aromatic rings. The number of rotatable bonds is 4. The molecule has 4 nitrogen and oxygen atoms in total. The molecule has 196 valence electrons. The summed E-state index contributed by atoms with van der Waals surface area (Å²) in [7, 11) is 0. The Kier molecular flexibility index (Phi) is 7.33. The van der Waals surface area contributed by atoms with Crippen LogP contribution in [-0.4, -0.2) is 32.6 Å². The Bertz CT molecular complexity index is 1270. The fourth-order valence-corrected chi connectivity index (χ4v) is 6.96. The number of benzene rings is 3. The lowest BCUT2D eigenvalue weighted by Gasteiger charge is -2.32. The van der Waals surface area contributed by atoms with Crippen molar-refractivity contribution in [3.63, 3.8) is 0 Å². The molecule has 3 aromatic carbocycles. The van der Waals surface area contributed by atoms with E-state index in [1.807, 2.05) is 37.3 Å². The highest BCUT2D eigenvalue weighted by Gasteiger charge is 2.29. The van der Waals surface area contributed by atoms with Gasteiger partial charge in [-0.25, -0.2) is 0 Å². The van der Waals surface area contributed by atoms with Crippen molar-refractivity contribution in [1.82, 2.24) is 0 Å². The van der Waals surface area contributed by atoms with Crippen LogP contribution >= 0.6 is 0 Å². The number of hydrogen-bond acceptors (Lipinski definition) is 4. The van der Waals surface area contributed by atoms with Crippen molar-refractivity contribution in [3.05, 3.63) is 71.3 Å². The summed E-state index contributed by atoms with van der Waals surface area (Å²) in [6.07, 6.45) is 4.75. The molecule has 6 unspecified atom stereocenters. The molecular formula is C33H40O4. The van der Waals surface area contributed by atoms with Crippen molar-refractivity contribution >= 4 is 0 Å². The average Bonchev–Trinajstić information content (AvgIpc) is 2.86.